The van der Waals surface area contributed by atoms with Crippen LogP contribution in [-0.2, 0) is 0 Å². The maximum atomic E-state index is 5.67. The molecule has 1 heterocycles. The van der Waals surface area contributed by atoms with Gasteiger partial charge in [-0.1, -0.05) is 11.6 Å². The van der Waals surface area contributed by atoms with Crippen LogP contribution in [-0.4, -0.2) is 18.4 Å². The minimum atomic E-state index is 0.496. The number of hydrogen-bond acceptors (Lipinski definition) is 2. The van der Waals surface area contributed by atoms with Crippen molar-refractivity contribution in [3.63, 3.8) is 0 Å². The number of nitrogens with one attached hydrogen (secondary N) is 1. The first-order chi connectivity index (χ1) is 5.74. The summed E-state index contributed by atoms with van der Waals surface area (Å²) in [5.74, 6) is 0. The summed E-state index contributed by atoms with van der Waals surface area (Å²) in [4.78, 5) is 8.16. The zero-order valence-corrected chi connectivity index (χ0v) is 7.76. The van der Waals surface area contributed by atoms with Crippen molar-refractivity contribution in [1.82, 2.24) is 10.3 Å². The highest BCUT2D eigenvalue weighted by atomic mass is 35.5. The van der Waals surface area contributed by atoms with Crippen LogP contribution in [0.3, 0.4) is 0 Å². The van der Waals surface area contributed by atoms with Gasteiger partial charge in [-0.05, 0) is 19.1 Å². The molecule has 1 N–H and O–H groups in total. The van der Waals surface area contributed by atoms with Crippen molar-refractivity contribution in [1.29, 1.82) is 0 Å². The number of hydrogen-bond donors (Lipinski definition) is 1. The molecule has 0 aliphatic heterocycles. The smallest absolute Gasteiger partial charge is 0.129 e. The van der Waals surface area contributed by atoms with E-state index in [-0.39, 0.29) is 0 Å². The third-order valence-electron chi connectivity index (χ3n) is 1.36. The standard InChI is InChI=1S/C8H10ClN3/c1-6-7(11-5-10-2)3-4-8(9)12-6/h3-5H,1-2H3,(H,10,11). The molecule has 0 atom stereocenters. The molecule has 0 unspecified atom stereocenters. The van der Waals surface area contributed by atoms with Gasteiger partial charge in [-0.15, -0.1) is 0 Å². The van der Waals surface area contributed by atoms with Gasteiger partial charge in [-0.3, -0.25) is 0 Å². The van der Waals surface area contributed by atoms with E-state index in [1.54, 1.807) is 19.5 Å². The van der Waals surface area contributed by atoms with E-state index in [1.807, 2.05) is 13.0 Å². The molecule has 0 radical (unpaired) electrons. The molecule has 12 heavy (non-hydrogen) atoms. The Balaban J connectivity index is 2.94. The predicted molar refractivity (Wildman–Crippen MR) is 51.2 cm³/mol. The molecule has 1 aromatic heterocycles. The monoisotopic (exact) mass is 183 g/mol. The van der Waals surface area contributed by atoms with E-state index >= 15 is 0 Å². The topological polar surface area (TPSA) is 37.3 Å². The van der Waals surface area contributed by atoms with Crippen molar-refractivity contribution in [2.24, 2.45) is 4.99 Å². The van der Waals surface area contributed by atoms with Crippen LogP contribution in [0.4, 0.5) is 5.69 Å². The quantitative estimate of drug-likeness (QED) is 0.432. The lowest BCUT2D eigenvalue weighted by atomic mass is 10.3. The molecule has 0 saturated carbocycles. The minimum Gasteiger partial charge on any atom is -0.379 e. The van der Waals surface area contributed by atoms with Gasteiger partial charge in [-0.2, -0.15) is 0 Å². The highest BCUT2D eigenvalue weighted by molar-refractivity contribution is 6.29. The number of nitrogens with zero attached hydrogens (tertiary/aromatic N) is 2. The van der Waals surface area contributed by atoms with Gasteiger partial charge < -0.3 is 5.32 Å². The fraction of sp³-hybridized carbons (Fsp3) is 0.250. The van der Waals surface area contributed by atoms with Crippen LogP contribution >= 0.6 is 11.6 Å². The zero-order valence-electron chi connectivity index (χ0n) is 7.00. The van der Waals surface area contributed by atoms with Crippen LogP contribution in [0.1, 0.15) is 5.69 Å². The number of pyridine rings is 1. The van der Waals surface area contributed by atoms with Gasteiger partial charge in [0, 0.05) is 7.05 Å². The van der Waals surface area contributed by atoms with Gasteiger partial charge >= 0.3 is 0 Å². The molecule has 0 aromatic carbocycles. The minimum absolute atomic E-state index is 0.496. The van der Waals surface area contributed by atoms with Crippen LogP contribution in [0.2, 0.25) is 5.15 Å². The van der Waals surface area contributed by atoms with E-state index < -0.39 is 0 Å². The molecule has 0 aliphatic rings. The molecule has 0 saturated heterocycles. The number of aromatic nitrogens is 1. The second kappa shape index (κ2) is 4.07. The van der Waals surface area contributed by atoms with Crippen LogP contribution in [0.25, 0.3) is 0 Å². The summed E-state index contributed by atoms with van der Waals surface area (Å²) in [6.45, 7) is 1.87. The summed E-state index contributed by atoms with van der Waals surface area (Å²) in [6, 6.07) is 3.55. The van der Waals surface area contributed by atoms with E-state index in [2.05, 4.69) is 15.3 Å². The molecule has 0 spiro atoms. The summed E-state index contributed by atoms with van der Waals surface area (Å²) < 4.78 is 0. The molecule has 0 aliphatic carbocycles. The average molecular weight is 184 g/mol. The predicted octanol–water partition coefficient (Wildman–Crippen LogP) is 1.92. The van der Waals surface area contributed by atoms with Gasteiger partial charge in [-0.25, -0.2) is 9.98 Å². The number of rotatable bonds is 2. The molecular weight excluding hydrogens is 174 g/mol. The molecule has 64 valence electrons. The van der Waals surface area contributed by atoms with Gasteiger partial charge in [0.25, 0.3) is 0 Å². The van der Waals surface area contributed by atoms with Crippen LogP contribution < -0.4 is 5.32 Å². The summed E-state index contributed by atoms with van der Waals surface area (Å²) in [7, 11) is 1.79. The van der Waals surface area contributed by atoms with E-state index in [0.29, 0.717) is 5.15 Å². The third-order valence-corrected chi connectivity index (χ3v) is 1.57. The van der Waals surface area contributed by atoms with Crippen LogP contribution in [0.5, 0.6) is 0 Å². The Labute approximate surface area is 76.5 Å². The van der Waals surface area contributed by atoms with Gasteiger partial charge in [0.1, 0.15) is 5.15 Å². The lowest BCUT2D eigenvalue weighted by Crippen LogP contribution is -1.99. The van der Waals surface area contributed by atoms with Crippen molar-refractivity contribution in [3.8, 4) is 0 Å². The number of aryl methyl sites for hydroxylation is 1. The SMILES string of the molecule is CN/C=N\c1ccc(Cl)nc1C. The van der Waals surface area contributed by atoms with E-state index in [1.165, 1.54) is 0 Å². The first-order valence-corrected chi connectivity index (χ1v) is 3.95. The van der Waals surface area contributed by atoms with Crippen molar-refractivity contribution in [2.45, 2.75) is 6.92 Å². The first-order valence-electron chi connectivity index (χ1n) is 3.57. The number of aliphatic imine (C=N–C) groups is 1. The maximum absolute atomic E-state index is 5.67. The molecule has 0 bridgehead atoms. The zero-order chi connectivity index (χ0) is 8.97. The van der Waals surface area contributed by atoms with Crippen molar-refractivity contribution in [2.75, 3.05) is 7.05 Å². The fourth-order valence-electron chi connectivity index (χ4n) is 0.794. The van der Waals surface area contributed by atoms with Gasteiger partial charge in [0.15, 0.2) is 0 Å². The summed E-state index contributed by atoms with van der Waals surface area (Å²) in [5, 5.41) is 3.30. The Morgan fingerprint density at radius 1 is 1.58 bits per heavy atom. The van der Waals surface area contributed by atoms with E-state index in [9.17, 15) is 0 Å². The Morgan fingerprint density at radius 3 is 2.92 bits per heavy atom. The van der Waals surface area contributed by atoms with Crippen LogP contribution in [0, 0.1) is 6.92 Å². The maximum Gasteiger partial charge on any atom is 0.129 e. The normalized spacial score (nSPS) is 10.6. The second-order valence-electron chi connectivity index (χ2n) is 2.29. The summed E-state index contributed by atoms with van der Waals surface area (Å²) >= 11 is 5.67. The molecule has 0 fully saturated rings. The third kappa shape index (κ3) is 2.20. The molecular formula is C8H10ClN3. The van der Waals surface area contributed by atoms with Gasteiger partial charge in [0.05, 0.1) is 17.7 Å². The van der Waals surface area contributed by atoms with Crippen molar-refractivity contribution in [3.05, 3.63) is 23.0 Å². The average Bonchev–Trinajstić information content (AvgIpc) is 2.03. The number of halogens is 1. The molecule has 1 aromatic rings. The lowest BCUT2D eigenvalue weighted by molar-refractivity contribution is 1.17. The summed E-state index contributed by atoms with van der Waals surface area (Å²) in [5.41, 5.74) is 1.66. The van der Waals surface area contributed by atoms with Crippen molar-refractivity contribution < 1.29 is 0 Å². The fourth-order valence-corrected chi connectivity index (χ4v) is 0.983. The Hall–Kier alpha value is -1.09. The highest BCUT2D eigenvalue weighted by Crippen LogP contribution is 2.17. The van der Waals surface area contributed by atoms with Crippen molar-refractivity contribution >= 4 is 23.6 Å². The van der Waals surface area contributed by atoms with Gasteiger partial charge in [0.2, 0.25) is 0 Å². The largest absolute Gasteiger partial charge is 0.379 e. The molecule has 0 amide bonds. The highest BCUT2D eigenvalue weighted by Gasteiger charge is 1.96. The molecule has 1 rings (SSSR count). The van der Waals surface area contributed by atoms with E-state index in [0.717, 1.165) is 11.4 Å². The molecule has 4 heteroatoms. The van der Waals surface area contributed by atoms with E-state index in [4.69, 9.17) is 11.6 Å². The summed E-state index contributed by atoms with van der Waals surface area (Å²) in [6.07, 6.45) is 1.61. The van der Waals surface area contributed by atoms with Crippen LogP contribution in [0.15, 0.2) is 17.1 Å². The Morgan fingerprint density at radius 2 is 2.33 bits per heavy atom. The Bertz CT molecular complexity index is 296. The second-order valence-corrected chi connectivity index (χ2v) is 2.67. The molecule has 3 nitrogen and oxygen atoms in total. The lowest BCUT2D eigenvalue weighted by Gasteiger charge is -1.98. The Kier molecular flexibility index (Phi) is 3.05. The first kappa shape index (κ1) is 9.00.